The van der Waals surface area contributed by atoms with Gasteiger partial charge in [-0.25, -0.2) is 4.98 Å². The Bertz CT molecular complexity index is 888. The molecule has 2 N–H and O–H groups in total. The van der Waals surface area contributed by atoms with E-state index in [0.717, 1.165) is 5.69 Å². The lowest BCUT2D eigenvalue weighted by Gasteiger charge is -2.09. The number of benzene rings is 2. The summed E-state index contributed by atoms with van der Waals surface area (Å²) in [5.74, 6) is -0.332. The highest BCUT2D eigenvalue weighted by Gasteiger charge is 2.08. The summed E-state index contributed by atoms with van der Waals surface area (Å²) in [7, 11) is 0. The lowest BCUT2D eigenvalue weighted by Crippen LogP contribution is -2.14. The largest absolute Gasteiger partial charge is 0.326 e. The first-order valence-electron chi connectivity index (χ1n) is 7.95. The van der Waals surface area contributed by atoms with Crippen molar-refractivity contribution in [2.24, 2.45) is 0 Å². The second-order valence-electron chi connectivity index (χ2n) is 5.46. The monoisotopic (exact) mass is 334 g/mol. The lowest BCUT2D eigenvalue weighted by atomic mass is 10.1. The molecule has 2 amide bonds. The molecular formula is C19H18N4O2. The number of amides is 2. The van der Waals surface area contributed by atoms with Gasteiger partial charge in [-0.2, -0.15) is 0 Å². The van der Waals surface area contributed by atoms with Gasteiger partial charge >= 0.3 is 0 Å². The van der Waals surface area contributed by atoms with Gasteiger partial charge in [-0.05, 0) is 36.4 Å². The Hall–Kier alpha value is -3.41. The van der Waals surface area contributed by atoms with Crippen LogP contribution in [0.3, 0.4) is 0 Å². The van der Waals surface area contributed by atoms with Gasteiger partial charge in [-0.15, -0.1) is 0 Å². The zero-order valence-corrected chi connectivity index (χ0v) is 13.8. The van der Waals surface area contributed by atoms with Gasteiger partial charge in [0.25, 0.3) is 5.91 Å². The van der Waals surface area contributed by atoms with Crippen molar-refractivity contribution in [1.82, 2.24) is 9.55 Å². The van der Waals surface area contributed by atoms with E-state index in [1.54, 1.807) is 43.7 Å². The first-order chi connectivity index (χ1) is 12.2. The molecule has 0 unspecified atom stereocenters. The molecule has 0 atom stereocenters. The van der Waals surface area contributed by atoms with E-state index in [4.69, 9.17) is 0 Å². The predicted octanol–water partition coefficient (Wildman–Crippen LogP) is 3.47. The molecule has 126 valence electrons. The van der Waals surface area contributed by atoms with Crippen LogP contribution in [0.1, 0.15) is 23.7 Å². The van der Waals surface area contributed by atoms with Crippen LogP contribution >= 0.6 is 0 Å². The zero-order chi connectivity index (χ0) is 17.6. The van der Waals surface area contributed by atoms with E-state index in [-0.39, 0.29) is 11.8 Å². The number of carbonyl (C=O) groups excluding carboxylic acids is 2. The average molecular weight is 334 g/mol. The molecule has 0 aliphatic rings. The van der Waals surface area contributed by atoms with Gasteiger partial charge < -0.3 is 15.2 Å². The molecule has 3 rings (SSSR count). The number of aromatic nitrogens is 2. The van der Waals surface area contributed by atoms with E-state index in [1.165, 1.54) is 0 Å². The van der Waals surface area contributed by atoms with Crippen molar-refractivity contribution in [2.75, 3.05) is 10.6 Å². The van der Waals surface area contributed by atoms with Gasteiger partial charge in [-0.3, -0.25) is 9.59 Å². The van der Waals surface area contributed by atoms with Crippen LogP contribution in [0.5, 0.6) is 0 Å². The topological polar surface area (TPSA) is 76.0 Å². The van der Waals surface area contributed by atoms with Crippen LogP contribution in [-0.2, 0) is 4.79 Å². The fraction of sp³-hybridized carbons (Fsp3) is 0.105. The Morgan fingerprint density at radius 3 is 2.52 bits per heavy atom. The van der Waals surface area contributed by atoms with Crippen LogP contribution < -0.4 is 10.6 Å². The number of nitrogens with one attached hydrogen (secondary N) is 2. The maximum Gasteiger partial charge on any atom is 0.255 e. The number of hydrogen-bond donors (Lipinski definition) is 2. The van der Waals surface area contributed by atoms with Crippen molar-refractivity contribution in [3.63, 3.8) is 0 Å². The summed E-state index contributed by atoms with van der Waals surface area (Å²) in [6.07, 6.45) is 5.61. The minimum atomic E-state index is -0.240. The molecule has 3 aromatic rings. The predicted molar refractivity (Wildman–Crippen MR) is 96.9 cm³/mol. The molecule has 0 radical (unpaired) electrons. The van der Waals surface area contributed by atoms with E-state index in [9.17, 15) is 9.59 Å². The zero-order valence-electron chi connectivity index (χ0n) is 13.8. The first kappa shape index (κ1) is 16.4. The van der Waals surface area contributed by atoms with Crippen LogP contribution in [0.25, 0.3) is 5.69 Å². The van der Waals surface area contributed by atoms with E-state index in [1.807, 2.05) is 35.0 Å². The molecule has 2 aromatic carbocycles. The molecule has 6 nitrogen and oxygen atoms in total. The Labute approximate surface area is 145 Å². The maximum absolute atomic E-state index is 12.5. The summed E-state index contributed by atoms with van der Waals surface area (Å²) >= 11 is 0. The normalized spacial score (nSPS) is 10.3. The second-order valence-corrected chi connectivity index (χ2v) is 5.46. The summed E-state index contributed by atoms with van der Waals surface area (Å²) in [6.45, 7) is 1.78. The minimum Gasteiger partial charge on any atom is -0.326 e. The van der Waals surface area contributed by atoms with Gasteiger partial charge in [0.15, 0.2) is 0 Å². The summed E-state index contributed by atoms with van der Waals surface area (Å²) < 4.78 is 1.86. The quantitative estimate of drug-likeness (QED) is 0.750. The van der Waals surface area contributed by atoms with E-state index < -0.39 is 0 Å². The number of imidazole rings is 1. The summed E-state index contributed by atoms with van der Waals surface area (Å²) in [5.41, 5.74) is 2.66. The Morgan fingerprint density at radius 1 is 1.04 bits per heavy atom. The van der Waals surface area contributed by atoms with Crippen molar-refractivity contribution in [3.05, 3.63) is 72.8 Å². The third-order valence-corrected chi connectivity index (χ3v) is 3.64. The van der Waals surface area contributed by atoms with Crippen LogP contribution in [0.4, 0.5) is 11.4 Å². The molecule has 1 aromatic heterocycles. The molecule has 0 aliphatic carbocycles. The number of carbonyl (C=O) groups is 2. The molecule has 6 heteroatoms. The van der Waals surface area contributed by atoms with Gasteiger partial charge in [0.05, 0.1) is 6.33 Å². The van der Waals surface area contributed by atoms with E-state index in [2.05, 4.69) is 15.6 Å². The molecule has 0 spiro atoms. The molecule has 0 aliphatic heterocycles. The van der Waals surface area contributed by atoms with Crippen LogP contribution in [0.15, 0.2) is 67.3 Å². The summed E-state index contributed by atoms with van der Waals surface area (Å²) in [5, 5.41) is 5.62. The molecule has 0 saturated heterocycles. The smallest absolute Gasteiger partial charge is 0.255 e. The van der Waals surface area contributed by atoms with E-state index in [0.29, 0.717) is 23.4 Å². The van der Waals surface area contributed by atoms with Gasteiger partial charge in [-0.1, -0.05) is 19.1 Å². The van der Waals surface area contributed by atoms with Crippen molar-refractivity contribution < 1.29 is 9.59 Å². The molecule has 0 saturated carbocycles. The third-order valence-electron chi connectivity index (χ3n) is 3.64. The third kappa shape index (κ3) is 4.11. The van der Waals surface area contributed by atoms with Gasteiger partial charge in [0, 0.05) is 41.4 Å². The lowest BCUT2D eigenvalue weighted by molar-refractivity contribution is -0.115. The molecule has 0 bridgehead atoms. The molecule has 1 heterocycles. The second kappa shape index (κ2) is 7.44. The fourth-order valence-corrected chi connectivity index (χ4v) is 2.35. The minimum absolute atomic E-state index is 0.0920. The first-order valence-corrected chi connectivity index (χ1v) is 7.95. The Kier molecular flexibility index (Phi) is 4.89. The molecule has 0 fully saturated rings. The molecular weight excluding hydrogens is 316 g/mol. The van der Waals surface area contributed by atoms with Crippen molar-refractivity contribution in [2.45, 2.75) is 13.3 Å². The SMILES string of the molecule is CCC(=O)Nc1cccc(C(=O)Nc2cccc(-n3ccnc3)c2)c1. The molecule has 25 heavy (non-hydrogen) atoms. The maximum atomic E-state index is 12.5. The Morgan fingerprint density at radius 2 is 1.80 bits per heavy atom. The highest BCUT2D eigenvalue weighted by Crippen LogP contribution is 2.17. The van der Waals surface area contributed by atoms with Crippen molar-refractivity contribution in [1.29, 1.82) is 0 Å². The van der Waals surface area contributed by atoms with Crippen LogP contribution in [0.2, 0.25) is 0 Å². The highest BCUT2D eigenvalue weighted by atomic mass is 16.2. The average Bonchev–Trinajstić information content (AvgIpc) is 3.17. The van der Waals surface area contributed by atoms with Crippen molar-refractivity contribution >= 4 is 23.2 Å². The standard InChI is InChI=1S/C19H18N4O2/c1-2-18(24)21-15-6-3-5-14(11-15)19(25)22-16-7-4-8-17(12-16)23-10-9-20-13-23/h3-13H,2H2,1H3,(H,21,24)(H,22,25). The van der Waals surface area contributed by atoms with Gasteiger partial charge in [0.1, 0.15) is 0 Å². The van der Waals surface area contributed by atoms with Crippen LogP contribution in [0, 0.1) is 0 Å². The van der Waals surface area contributed by atoms with Crippen molar-refractivity contribution in [3.8, 4) is 5.69 Å². The van der Waals surface area contributed by atoms with Crippen LogP contribution in [-0.4, -0.2) is 21.4 Å². The summed E-state index contributed by atoms with van der Waals surface area (Å²) in [4.78, 5) is 28.0. The number of rotatable bonds is 5. The number of anilines is 2. The van der Waals surface area contributed by atoms with E-state index >= 15 is 0 Å². The fourth-order valence-electron chi connectivity index (χ4n) is 2.35. The summed E-state index contributed by atoms with van der Waals surface area (Å²) in [6, 6.07) is 14.3. The van der Waals surface area contributed by atoms with Gasteiger partial charge in [0.2, 0.25) is 5.91 Å². The highest BCUT2D eigenvalue weighted by molar-refractivity contribution is 6.05. The Balaban J connectivity index is 1.75. The number of nitrogens with zero attached hydrogens (tertiary/aromatic N) is 2. The number of hydrogen-bond acceptors (Lipinski definition) is 3.